The average molecular weight is 355 g/mol. The van der Waals surface area contributed by atoms with Crippen LogP contribution < -0.4 is 0 Å². The number of nitrogens with one attached hydrogen (secondary N) is 1. The maximum Gasteiger partial charge on any atom is 0.237 e. The van der Waals surface area contributed by atoms with Crippen molar-refractivity contribution in [1.29, 1.82) is 0 Å². The summed E-state index contributed by atoms with van der Waals surface area (Å²) in [5.74, 6) is 2.47. The Balaban J connectivity index is 1.45. The van der Waals surface area contributed by atoms with Gasteiger partial charge in [-0.2, -0.15) is 4.98 Å². The Labute approximate surface area is 146 Å². The molecule has 0 unspecified atom stereocenters. The number of thiophene rings is 1. The van der Waals surface area contributed by atoms with Crippen LogP contribution in [0.15, 0.2) is 51.5 Å². The number of aryl methyl sites for hydroxylation is 1. The minimum Gasteiger partial charge on any atom is -0.338 e. The molecule has 0 radical (unpaired) electrons. The first-order valence-corrected chi connectivity index (χ1v) is 9.14. The molecule has 0 atom stereocenters. The highest BCUT2D eigenvalue weighted by molar-refractivity contribution is 7.98. The molecule has 1 N–H and O–H groups in total. The first kappa shape index (κ1) is 15.1. The molecule has 0 spiro atoms. The van der Waals surface area contributed by atoms with Crippen molar-refractivity contribution >= 4 is 23.1 Å². The third-order valence-corrected chi connectivity index (χ3v) is 5.11. The van der Waals surface area contributed by atoms with Crippen molar-refractivity contribution in [2.24, 2.45) is 0 Å². The molecule has 1 aromatic carbocycles. The zero-order valence-corrected chi connectivity index (χ0v) is 14.4. The van der Waals surface area contributed by atoms with Gasteiger partial charge in [-0.25, -0.2) is 4.98 Å². The monoisotopic (exact) mass is 355 g/mol. The lowest BCUT2D eigenvalue weighted by Crippen LogP contribution is -1.86. The predicted molar refractivity (Wildman–Crippen MR) is 93.7 cm³/mol. The van der Waals surface area contributed by atoms with Gasteiger partial charge in [0.2, 0.25) is 16.9 Å². The minimum atomic E-state index is 0.528. The molecule has 0 fully saturated rings. The van der Waals surface area contributed by atoms with Crippen molar-refractivity contribution in [1.82, 2.24) is 25.3 Å². The molecule has 6 nitrogen and oxygen atoms in total. The van der Waals surface area contributed by atoms with Gasteiger partial charge in [-0.1, -0.05) is 47.3 Å². The molecule has 0 saturated carbocycles. The SMILES string of the molecule is Cc1ccccc1-c1noc(CSc2n[nH]c(-c3cccs3)n2)n1. The van der Waals surface area contributed by atoms with Gasteiger partial charge >= 0.3 is 0 Å². The van der Waals surface area contributed by atoms with E-state index in [-0.39, 0.29) is 0 Å². The summed E-state index contributed by atoms with van der Waals surface area (Å²) >= 11 is 3.08. The molecule has 8 heteroatoms. The van der Waals surface area contributed by atoms with E-state index in [2.05, 4.69) is 25.3 Å². The summed E-state index contributed by atoms with van der Waals surface area (Å²) in [5, 5.41) is 13.9. The molecule has 0 aliphatic rings. The standard InChI is InChI=1S/C16H13N5OS2/c1-10-5-2-3-6-11(10)14-17-13(22-21-14)9-24-16-18-15(19-20-16)12-7-4-8-23-12/h2-8H,9H2,1H3,(H,18,19,20). The molecule has 0 amide bonds. The molecular weight excluding hydrogens is 342 g/mol. The van der Waals surface area contributed by atoms with E-state index in [1.54, 1.807) is 11.3 Å². The summed E-state index contributed by atoms with van der Waals surface area (Å²) in [7, 11) is 0. The second kappa shape index (κ2) is 6.58. The molecule has 3 heterocycles. The largest absolute Gasteiger partial charge is 0.338 e. The number of thioether (sulfide) groups is 1. The first-order chi connectivity index (χ1) is 11.8. The van der Waals surface area contributed by atoms with E-state index in [1.807, 2.05) is 48.7 Å². The molecule has 120 valence electrons. The van der Waals surface area contributed by atoms with Crippen LogP contribution in [0.25, 0.3) is 22.1 Å². The summed E-state index contributed by atoms with van der Waals surface area (Å²) in [4.78, 5) is 9.98. The van der Waals surface area contributed by atoms with Crippen molar-refractivity contribution in [3.63, 3.8) is 0 Å². The maximum atomic E-state index is 5.33. The normalized spacial score (nSPS) is 11.0. The molecule has 4 aromatic rings. The highest BCUT2D eigenvalue weighted by Gasteiger charge is 2.12. The Morgan fingerprint density at radius 2 is 2.08 bits per heavy atom. The number of nitrogens with zero attached hydrogens (tertiary/aromatic N) is 4. The Kier molecular flexibility index (Phi) is 4.14. The molecule has 0 aliphatic heterocycles. The van der Waals surface area contributed by atoms with E-state index in [4.69, 9.17) is 4.52 Å². The lowest BCUT2D eigenvalue weighted by Gasteiger charge is -1.97. The summed E-state index contributed by atoms with van der Waals surface area (Å²) < 4.78 is 5.33. The van der Waals surface area contributed by atoms with Crippen molar-refractivity contribution in [3.05, 3.63) is 53.2 Å². The van der Waals surface area contributed by atoms with E-state index in [0.29, 0.717) is 22.6 Å². The van der Waals surface area contributed by atoms with Gasteiger partial charge in [-0.3, -0.25) is 5.10 Å². The minimum absolute atomic E-state index is 0.528. The predicted octanol–water partition coefficient (Wildman–Crippen LogP) is 4.18. The fourth-order valence-electron chi connectivity index (χ4n) is 2.21. The molecule has 24 heavy (non-hydrogen) atoms. The lowest BCUT2D eigenvalue weighted by molar-refractivity contribution is 0.391. The summed E-state index contributed by atoms with van der Waals surface area (Å²) in [6, 6.07) is 12.0. The van der Waals surface area contributed by atoms with Crippen LogP contribution in [0.5, 0.6) is 0 Å². The number of aromatic amines is 1. The second-order valence-corrected chi connectivity index (χ2v) is 6.95. The molecule has 0 saturated heterocycles. The van der Waals surface area contributed by atoms with E-state index in [0.717, 1.165) is 21.8 Å². The number of benzene rings is 1. The van der Waals surface area contributed by atoms with E-state index < -0.39 is 0 Å². The quantitative estimate of drug-likeness (QED) is 0.541. The highest BCUT2D eigenvalue weighted by atomic mass is 32.2. The van der Waals surface area contributed by atoms with E-state index in [9.17, 15) is 0 Å². The van der Waals surface area contributed by atoms with Gasteiger partial charge in [0.25, 0.3) is 0 Å². The van der Waals surface area contributed by atoms with Crippen molar-refractivity contribution < 1.29 is 4.52 Å². The fraction of sp³-hybridized carbons (Fsp3) is 0.125. The van der Waals surface area contributed by atoms with Gasteiger partial charge in [-0.15, -0.1) is 16.4 Å². The van der Waals surface area contributed by atoms with E-state index in [1.165, 1.54) is 11.8 Å². The van der Waals surface area contributed by atoms with Crippen LogP contribution >= 0.6 is 23.1 Å². The number of aromatic nitrogens is 5. The fourth-order valence-corrected chi connectivity index (χ4v) is 3.51. The Morgan fingerprint density at radius 3 is 2.92 bits per heavy atom. The van der Waals surface area contributed by atoms with Crippen LogP contribution in [0.2, 0.25) is 0 Å². The summed E-state index contributed by atoms with van der Waals surface area (Å²) in [6.07, 6.45) is 0. The number of hydrogen-bond donors (Lipinski definition) is 1. The molecular formula is C16H13N5OS2. The van der Waals surface area contributed by atoms with Gasteiger partial charge in [-0.05, 0) is 23.9 Å². The van der Waals surface area contributed by atoms with Crippen LogP contribution in [-0.4, -0.2) is 25.3 Å². The van der Waals surface area contributed by atoms with Crippen molar-refractivity contribution in [2.45, 2.75) is 17.8 Å². The number of hydrogen-bond acceptors (Lipinski definition) is 7. The van der Waals surface area contributed by atoms with Gasteiger partial charge in [0.05, 0.1) is 10.6 Å². The third kappa shape index (κ3) is 3.10. The van der Waals surface area contributed by atoms with Gasteiger partial charge in [0.15, 0.2) is 5.82 Å². The van der Waals surface area contributed by atoms with Crippen LogP contribution in [0, 0.1) is 6.92 Å². The average Bonchev–Trinajstić information content (AvgIpc) is 3.34. The molecule has 0 bridgehead atoms. The van der Waals surface area contributed by atoms with Crippen molar-refractivity contribution in [3.8, 4) is 22.1 Å². The summed E-state index contributed by atoms with van der Waals surface area (Å²) in [5.41, 5.74) is 2.10. The lowest BCUT2D eigenvalue weighted by atomic mass is 10.1. The summed E-state index contributed by atoms with van der Waals surface area (Å²) in [6.45, 7) is 2.03. The smallest absolute Gasteiger partial charge is 0.237 e. The highest BCUT2D eigenvalue weighted by Crippen LogP contribution is 2.26. The Bertz CT molecular complexity index is 945. The maximum absolute atomic E-state index is 5.33. The zero-order chi connectivity index (χ0) is 16.4. The first-order valence-electron chi connectivity index (χ1n) is 7.27. The topological polar surface area (TPSA) is 80.5 Å². The van der Waals surface area contributed by atoms with Crippen LogP contribution in [0.1, 0.15) is 11.5 Å². The van der Waals surface area contributed by atoms with Crippen LogP contribution in [-0.2, 0) is 5.75 Å². The van der Waals surface area contributed by atoms with Gasteiger partial charge in [0.1, 0.15) is 0 Å². The van der Waals surface area contributed by atoms with Gasteiger partial charge in [0, 0.05) is 5.56 Å². The van der Waals surface area contributed by atoms with Crippen molar-refractivity contribution in [2.75, 3.05) is 0 Å². The Hall–Kier alpha value is -2.45. The van der Waals surface area contributed by atoms with Crippen LogP contribution in [0.3, 0.4) is 0 Å². The number of H-pyrrole nitrogens is 1. The molecule has 4 rings (SSSR count). The molecule has 0 aliphatic carbocycles. The number of rotatable bonds is 5. The van der Waals surface area contributed by atoms with Gasteiger partial charge < -0.3 is 4.52 Å². The van der Waals surface area contributed by atoms with Crippen LogP contribution in [0.4, 0.5) is 0 Å². The third-order valence-electron chi connectivity index (χ3n) is 3.40. The molecule has 3 aromatic heterocycles. The van der Waals surface area contributed by atoms with E-state index >= 15 is 0 Å². The second-order valence-electron chi connectivity index (χ2n) is 5.06. The zero-order valence-electron chi connectivity index (χ0n) is 12.8. The Morgan fingerprint density at radius 1 is 1.17 bits per heavy atom.